The summed E-state index contributed by atoms with van der Waals surface area (Å²) in [6.45, 7) is 6.01. The van der Waals surface area contributed by atoms with Gasteiger partial charge in [0.05, 0.1) is 6.54 Å². The first-order valence-electron chi connectivity index (χ1n) is 10.5. The van der Waals surface area contributed by atoms with Gasteiger partial charge in [-0.1, -0.05) is 25.4 Å². The zero-order valence-electron chi connectivity index (χ0n) is 18.5. The minimum Gasteiger partial charge on any atom is -0.384 e. The van der Waals surface area contributed by atoms with Gasteiger partial charge in [0.1, 0.15) is 11.4 Å². The molecular formula is C22H28ClN5O4. The smallest absolute Gasteiger partial charge is 0.332 e. The molecule has 0 aliphatic carbocycles. The first-order valence-corrected chi connectivity index (χ1v) is 10.9. The third-order valence-corrected chi connectivity index (χ3v) is 5.78. The normalized spacial score (nSPS) is 14.7. The van der Waals surface area contributed by atoms with Crippen molar-refractivity contribution in [2.75, 3.05) is 38.5 Å². The third-order valence-electron chi connectivity index (χ3n) is 5.53. The van der Waals surface area contributed by atoms with Gasteiger partial charge in [-0.2, -0.15) is 0 Å². The molecule has 1 amide bonds. The van der Waals surface area contributed by atoms with Gasteiger partial charge >= 0.3 is 5.69 Å². The number of carbonyl (C=O) groups excluding carboxylic acids is 2. The van der Waals surface area contributed by atoms with Crippen LogP contribution in [-0.2, 0) is 13.6 Å². The maximum Gasteiger partial charge on any atom is 0.332 e. The topological polar surface area (TPSA) is 111 Å². The largest absolute Gasteiger partial charge is 0.384 e. The van der Waals surface area contributed by atoms with E-state index in [0.717, 1.165) is 4.57 Å². The van der Waals surface area contributed by atoms with Gasteiger partial charge in [-0.25, -0.2) is 4.79 Å². The van der Waals surface area contributed by atoms with Crippen LogP contribution in [0.3, 0.4) is 0 Å². The number of carbonyl (C=O) groups is 2. The maximum atomic E-state index is 13.0. The predicted octanol–water partition coefficient (Wildman–Crippen LogP) is 1.08. The van der Waals surface area contributed by atoms with Crippen LogP contribution in [0.5, 0.6) is 0 Å². The molecule has 2 N–H and O–H groups in total. The number of rotatable bonds is 6. The summed E-state index contributed by atoms with van der Waals surface area (Å²) in [6, 6.07) is 6.72. The number of benzene rings is 1. The van der Waals surface area contributed by atoms with E-state index in [4.69, 9.17) is 17.3 Å². The summed E-state index contributed by atoms with van der Waals surface area (Å²) in [5.41, 5.74) is 5.27. The maximum absolute atomic E-state index is 13.0. The molecule has 0 radical (unpaired) electrons. The molecule has 9 nitrogen and oxygen atoms in total. The van der Waals surface area contributed by atoms with E-state index in [1.54, 1.807) is 29.2 Å². The Morgan fingerprint density at radius 2 is 1.66 bits per heavy atom. The van der Waals surface area contributed by atoms with Crippen molar-refractivity contribution in [1.29, 1.82) is 0 Å². The van der Waals surface area contributed by atoms with Crippen LogP contribution in [-0.4, -0.2) is 63.3 Å². The van der Waals surface area contributed by atoms with Gasteiger partial charge in [0.2, 0.25) is 0 Å². The lowest BCUT2D eigenvalue weighted by molar-refractivity contribution is 0.0624. The van der Waals surface area contributed by atoms with Gasteiger partial charge in [-0.15, -0.1) is 0 Å². The van der Waals surface area contributed by atoms with E-state index >= 15 is 0 Å². The van der Waals surface area contributed by atoms with Crippen molar-refractivity contribution >= 4 is 29.1 Å². The monoisotopic (exact) mass is 461 g/mol. The van der Waals surface area contributed by atoms with Gasteiger partial charge in [-0.05, 0) is 30.2 Å². The number of nitrogens with two attached hydrogens (primary N) is 1. The van der Waals surface area contributed by atoms with Crippen molar-refractivity contribution in [1.82, 2.24) is 18.9 Å². The number of hydrogen-bond acceptors (Lipinski definition) is 6. The van der Waals surface area contributed by atoms with E-state index < -0.39 is 17.0 Å². The fourth-order valence-corrected chi connectivity index (χ4v) is 3.88. The first-order chi connectivity index (χ1) is 15.1. The zero-order chi connectivity index (χ0) is 23.6. The van der Waals surface area contributed by atoms with Crippen LogP contribution in [0.1, 0.15) is 34.6 Å². The molecule has 0 unspecified atom stereocenters. The van der Waals surface area contributed by atoms with Crippen molar-refractivity contribution in [3.05, 3.63) is 61.3 Å². The molecule has 1 saturated heterocycles. The molecule has 0 saturated carbocycles. The zero-order valence-corrected chi connectivity index (χ0v) is 19.3. The molecule has 2 aromatic rings. The number of piperazine rings is 1. The Bertz CT molecular complexity index is 1130. The second kappa shape index (κ2) is 9.70. The molecule has 1 aliphatic rings. The van der Waals surface area contributed by atoms with E-state index in [2.05, 4.69) is 0 Å². The number of hydrogen-bond donors (Lipinski definition) is 1. The Morgan fingerprint density at radius 3 is 2.22 bits per heavy atom. The molecule has 172 valence electrons. The molecule has 10 heteroatoms. The van der Waals surface area contributed by atoms with Crippen molar-refractivity contribution < 1.29 is 9.59 Å². The Hall–Kier alpha value is -2.91. The minimum absolute atomic E-state index is 0.0116. The van der Waals surface area contributed by atoms with Gasteiger partial charge < -0.3 is 10.6 Å². The highest BCUT2D eigenvalue weighted by atomic mass is 35.5. The van der Waals surface area contributed by atoms with Crippen molar-refractivity contribution in [3.63, 3.8) is 0 Å². The summed E-state index contributed by atoms with van der Waals surface area (Å²) in [6.07, 6.45) is 0. The third kappa shape index (κ3) is 4.94. The number of anilines is 1. The molecule has 1 aliphatic heterocycles. The van der Waals surface area contributed by atoms with E-state index in [9.17, 15) is 19.2 Å². The number of nitrogen functional groups attached to an aromatic ring is 1. The Balaban J connectivity index is 1.71. The van der Waals surface area contributed by atoms with Crippen LogP contribution in [0.15, 0.2) is 33.9 Å². The standard InChI is InChI=1S/C22H28ClN5O4/c1-14(2)12-28-19(24)18(21(31)25(3)22(28)32)17(29)13-26-8-10-27(11-9-26)20(30)15-4-6-16(23)7-5-15/h4-7,14H,8-13,24H2,1-3H3. The van der Waals surface area contributed by atoms with Crippen LogP contribution in [0.2, 0.25) is 5.02 Å². The van der Waals surface area contributed by atoms with Crippen molar-refractivity contribution in [2.45, 2.75) is 20.4 Å². The number of halogens is 1. The molecule has 0 bridgehead atoms. The van der Waals surface area contributed by atoms with Gasteiger partial charge in [0, 0.05) is 50.4 Å². The summed E-state index contributed by atoms with van der Waals surface area (Å²) in [5.74, 6) is -0.500. The first kappa shape index (κ1) is 23.7. The summed E-state index contributed by atoms with van der Waals surface area (Å²) in [7, 11) is 1.35. The van der Waals surface area contributed by atoms with Crippen molar-refractivity contribution in [2.24, 2.45) is 13.0 Å². The second-order valence-corrected chi connectivity index (χ2v) is 8.85. The molecule has 0 spiro atoms. The molecular weight excluding hydrogens is 434 g/mol. The van der Waals surface area contributed by atoms with E-state index in [1.807, 2.05) is 18.7 Å². The van der Waals surface area contributed by atoms with Crippen LogP contribution in [0.25, 0.3) is 0 Å². The predicted molar refractivity (Wildman–Crippen MR) is 123 cm³/mol. The number of nitrogens with zero attached hydrogens (tertiary/aromatic N) is 4. The lowest BCUT2D eigenvalue weighted by Gasteiger charge is -2.34. The van der Waals surface area contributed by atoms with Crippen LogP contribution in [0.4, 0.5) is 5.82 Å². The van der Waals surface area contributed by atoms with Gasteiger partial charge in [-0.3, -0.25) is 28.4 Å². The number of aromatic nitrogens is 2. The number of amides is 1. The summed E-state index contributed by atoms with van der Waals surface area (Å²) < 4.78 is 2.21. The fourth-order valence-electron chi connectivity index (χ4n) is 3.75. The Morgan fingerprint density at radius 1 is 1.06 bits per heavy atom. The second-order valence-electron chi connectivity index (χ2n) is 8.41. The highest BCUT2D eigenvalue weighted by Crippen LogP contribution is 2.14. The van der Waals surface area contributed by atoms with Crippen LogP contribution < -0.4 is 17.0 Å². The highest BCUT2D eigenvalue weighted by molar-refractivity contribution is 6.30. The van der Waals surface area contributed by atoms with E-state index in [1.165, 1.54) is 11.6 Å². The fraction of sp³-hybridized carbons (Fsp3) is 0.455. The van der Waals surface area contributed by atoms with E-state index in [0.29, 0.717) is 43.3 Å². The quantitative estimate of drug-likeness (QED) is 0.644. The summed E-state index contributed by atoms with van der Waals surface area (Å²) in [4.78, 5) is 54.3. The van der Waals surface area contributed by atoms with Crippen molar-refractivity contribution in [3.8, 4) is 0 Å². The lowest BCUT2D eigenvalue weighted by Crippen LogP contribution is -2.50. The molecule has 3 rings (SSSR count). The van der Waals surface area contributed by atoms with Gasteiger partial charge in [0.25, 0.3) is 11.5 Å². The lowest BCUT2D eigenvalue weighted by atomic mass is 10.1. The average Bonchev–Trinajstić information content (AvgIpc) is 2.76. The van der Waals surface area contributed by atoms with Crippen LogP contribution >= 0.6 is 11.6 Å². The molecule has 1 aromatic heterocycles. The molecule has 0 atom stereocenters. The molecule has 1 fully saturated rings. The Kier molecular flexibility index (Phi) is 7.20. The average molecular weight is 462 g/mol. The Labute approximate surface area is 191 Å². The number of ketones is 1. The van der Waals surface area contributed by atoms with E-state index in [-0.39, 0.29) is 29.8 Å². The summed E-state index contributed by atoms with van der Waals surface area (Å²) in [5, 5.41) is 0.565. The van der Waals surface area contributed by atoms with Gasteiger partial charge in [0.15, 0.2) is 5.78 Å². The molecule has 1 aromatic carbocycles. The summed E-state index contributed by atoms with van der Waals surface area (Å²) >= 11 is 5.88. The minimum atomic E-state index is -0.686. The number of Topliss-reactive ketones (excluding diaryl/α,β-unsaturated/α-hetero) is 1. The van der Waals surface area contributed by atoms with Crippen LogP contribution in [0, 0.1) is 5.92 Å². The highest BCUT2D eigenvalue weighted by Gasteiger charge is 2.27. The molecule has 32 heavy (non-hydrogen) atoms. The SMILES string of the molecule is CC(C)Cn1c(N)c(C(=O)CN2CCN(C(=O)c3ccc(Cl)cc3)CC2)c(=O)n(C)c1=O. The molecule has 2 heterocycles.